The molecule has 1 aromatic heterocycles. The topological polar surface area (TPSA) is 12.0 Å². The van der Waals surface area contributed by atoms with Gasteiger partial charge in [0.05, 0.1) is 0 Å². The lowest BCUT2D eigenvalue weighted by Crippen LogP contribution is -2.22. The van der Waals surface area contributed by atoms with Gasteiger partial charge >= 0.3 is 0 Å². The molecule has 0 bridgehead atoms. The van der Waals surface area contributed by atoms with Gasteiger partial charge in [-0.05, 0) is 47.2 Å². The van der Waals surface area contributed by atoms with Crippen LogP contribution in [0, 0.1) is 6.92 Å². The third-order valence-corrected chi connectivity index (χ3v) is 4.00. The van der Waals surface area contributed by atoms with Gasteiger partial charge in [0.15, 0.2) is 0 Å². The molecule has 0 aliphatic heterocycles. The van der Waals surface area contributed by atoms with Crippen molar-refractivity contribution in [1.82, 2.24) is 5.32 Å². The highest BCUT2D eigenvalue weighted by Crippen LogP contribution is 2.32. The molecule has 2 rings (SSSR count). The number of nitrogens with one attached hydrogen (secondary N) is 1. The van der Waals surface area contributed by atoms with Crippen molar-refractivity contribution in [2.45, 2.75) is 33.4 Å². The summed E-state index contributed by atoms with van der Waals surface area (Å²) in [6, 6.07) is 8.80. The standard InChI is InChI=1S/C15H18ClNS/c1-10(2)17-9-12-4-5-13(16)8-15(12)14-6-7-18-11(14)3/h4-8,10,17H,9H2,1-3H3. The quantitative estimate of drug-likeness (QED) is 0.841. The zero-order valence-electron chi connectivity index (χ0n) is 11.0. The molecule has 1 aromatic carbocycles. The molecule has 0 aliphatic rings. The number of hydrogen-bond acceptors (Lipinski definition) is 2. The van der Waals surface area contributed by atoms with E-state index >= 15 is 0 Å². The number of thiophene rings is 1. The van der Waals surface area contributed by atoms with E-state index in [1.165, 1.54) is 21.6 Å². The maximum Gasteiger partial charge on any atom is 0.0412 e. The van der Waals surface area contributed by atoms with E-state index in [1.807, 2.05) is 6.07 Å². The first-order chi connectivity index (χ1) is 8.58. The van der Waals surface area contributed by atoms with Crippen molar-refractivity contribution in [3.8, 4) is 11.1 Å². The smallest absolute Gasteiger partial charge is 0.0412 e. The van der Waals surface area contributed by atoms with Crippen molar-refractivity contribution >= 4 is 22.9 Å². The van der Waals surface area contributed by atoms with Crippen molar-refractivity contribution in [3.05, 3.63) is 45.1 Å². The third kappa shape index (κ3) is 3.14. The summed E-state index contributed by atoms with van der Waals surface area (Å²) in [5.74, 6) is 0. The Morgan fingerprint density at radius 2 is 2.00 bits per heavy atom. The van der Waals surface area contributed by atoms with Crippen LogP contribution in [0.5, 0.6) is 0 Å². The Bertz CT molecular complexity index is 531. The largest absolute Gasteiger partial charge is 0.310 e. The number of halogens is 1. The highest BCUT2D eigenvalue weighted by atomic mass is 35.5. The lowest BCUT2D eigenvalue weighted by Gasteiger charge is -2.13. The fraction of sp³-hybridized carbons (Fsp3) is 0.333. The van der Waals surface area contributed by atoms with Gasteiger partial charge in [0.1, 0.15) is 0 Å². The van der Waals surface area contributed by atoms with E-state index in [1.54, 1.807) is 11.3 Å². The van der Waals surface area contributed by atoms with Crippen LogP contribution in [0.2, 0.25) is 5.02 Å². The summed E-state index contributed by atoms with van der Waals surface area (Å²) in [6.45, 7) is 7.34. The second-order valence-electron chi connectivity index (χ2n) is 4.73. The summed E-state index contributed by atoms with van der Waals surface area (Å²) in [7, 11) is 0. The van der Waals surface area contributed by atoms with Gasteiger partial charge in [-0.1, -0.05) is 31.5 Å². The van der Waals surface area contributed by atoms with E-state index in [4.69, 9.17) is 11.6 Å². The molecular weight excluding hydrogens is 262 g/mol. The molecule has 3 heteroatoms. The lowest BCUT2D eigenvalue weighted by molar-refractivity contribution is 0.589. The Balaban J connectivity index is 2.38. The van der Waals surface area contributed by atoms with Crippen molar-refractivity contribution in [1.29, 1.82) is 0 Å². The van der Waals surface area contributed by atoms with E-state index in [2.05, 4.69) is 49.7 Å². The van der Waals surface area contributed by atoms with Crippen LogP contribution in [-0.2, 0) is 6.54 Å². The molecule has 0 unspecified atom stereocenters. The van der Waals surface area contributed by atoms with Crippen LogP contribution in [-0.4, -0.2) is 6.04 Å². The zero-order chi connectivity index (χ0) is 13.1. The second kappa shape index (κ2) is 5.87. The number of rotatable bonds is 4. The predicted octanol–water partition coefficient (Wildman–Crippen LogP) is 4.87. The van der Waals surface area contributed by atoms with Gasteiger partial charge in [0, 0.05) is 22.5 Å². The molecular formula is C15H18ClNS. The molecule has 1 N–H and O–H groups in total. The van der Waals surface area contributed by atoms with E-state index in [0.29, 0.717) is 6.04 Å². The summed E-state index contributed by atoms with van der Waals surface area (Å²) < 4.78 is 0. The highest BCUT2D eigenvalue weighted by molar-refractivity contribution is 7.10. The van der Waals surface area contributed by atoms with Crippen LogP contribution in [0.25, 0.3) is 11.1 Å². The molecule has 0 atom stereocenters. The summed E-state index contributed by atoms with van der Waals surface area (Å²) in [5, 5.41) is 6.39. The molecule has 1 nitrogen and oxygen atoms in total. The Labute approximate surface area is 118 Å². The molecule has 2 aromatic rings. The number of aryl methyl sites for hydroxylation is 1. The third-order valence-electron chi connectivity index (χ3n) is 2.92. The SMILES string of the molecule is Cc1sccc1-c1cc(Cl)ccc1CNC(C)C. The minimum absolute atomic E-state index is 0.483. The van der Waals surface area contributed by atoms with Gasteiger partial charge in [-0.2, -0.15) is 0 Å². The minimum atomic E-state index is 0.483. The van der Waals surface area contributed by atoms with E-state index in [9.17, 15) is 0 Å². The molecule has 0 spiro atoms. The molecule has 0 saturated heterocycles. The van der Waals surface area contributed by atoms with Crippen molar-refractivity contribution in [2.24, 2.45) is 0 Å². The van der Waals surface area contributed by atoms with Gasteiger partial charge in [0.25, 0.3) is 0 Å². The zero-order valence-corrected chi connectivity index (χ0v) is 12.5. The Kier molecular flexibility index (Phi) is 4.44. The molecule has 18 heavy (non-hydrogen) atoms. The van der Waals surface area contributed by atoms with Crippen LogP contribution in [0.3, 0.4) is 0 Å². The molecule has 96 valence electrons. The number of hydrogen-bond donors (Lipinski definition) is 1. The number of benzene rings is 1. The first kappa shape index (κ1) is 13.6. The summed E-state index contributed by atoms with van der Waals surface area (Å²) in [4.78, 5) is 1.34. The first-order valence-corrected chi connectivity index (χ1v) is 7.40. The van der Waals surface area contributed by atoms with Gasteiger partial charge < -0.3 is 5.32 Å². The lowest BCUT2D eigenvalue weighted by atomic mass is 10.0. The van der Waals surface area contributed by atoms with Crippen LogP contribution in [0.1, 0.15) is 24.3 Å². The monoisotopic (exact) mass is 279 g/mol. The van der Waals surface area contributed by atoms with Gasteiger partial charge in [-0.3, -0.25) is 0 Å². The van der Waals surface area contributed by atoms with Crippen LogP contribution in [0.15, 0.2) is 29.6 Å². The summed E-state index contributed by atoms with van der Waals surface area (Å²) in [6.07, 6.45) is 0. The van der Waals surface area contributed by atoms with E-state index < -0.39 is 0 Å². The van der Waals surface area contributed by atoms with Crippen LogP contribution < -0.4 is 5.32 Å². The minimum Gasteiger partial charge on any atom is -0.310 e. The van der Waals surface area contributed by atoms with Gasteiger partial charge in [-0.25, -0.2) is 0 Å². The maximum atomic E-state index is 6.13. The van der Waals surface area contributed by atoms with Gasteiger partial charge in [-0.15, -0.1) is 11.3 Å². The molecule has 1 heterocycles. The van der Waals surface area contributed by atoms with E-state index in [-0.39, 0.29) is 0 Å². The average molecular weight is 280 g/mol. The summed E-state index contributed by atoms with van der Waals surface area (Å²) in [5.41, 5.74) is 3.84. The average Bonchev–Trinajstić information content (AvgIpc) is 2.73. The summed E-state index contributed by atoms with van der Waals surface area (Å²) >= 11 is 7.91. The van der Waals surface area contributed by atoms with Crippen molar-refractivity contribution in [3.63, 3.8) is 0 Å². The van der Waals surface area contributed by atoms with Gasteiger partial charge in [0.2, 0.25) is 0 Å². The van der Waals surface area contributed by atoms with E-state index in [0.717, 1.165) is 11.6 Å². The fourth-order valence-corrected chi connectivity index (χ4v) is 2.82. The molecule has 0 fully saturated rings. The maximum absolute atomic E-state index is 6.13. The Morgan fingerprint density at radius 1 is 1.22 bits per heavy atom. The Hall–Kier alpha value is -0.830. The molecule has 0 aliphatic carbocycles. The predicted molar refractivity (Wildman–Crippen MR) is 81.5 cm³/mol. The molecule has 0 amide bonds. The second-order valence-corrected chi connectivity index (χ2v) is 6.28. The fourth-order valence-electron chi connectivity index (χ4n) is 1.93. The van der Waals surface area contributed by atoms with Crippen molar-refractivity contribution in [2.75, 3.05) is 0 Å². The van der Waals surface area contributed by atoms with Crippen LogP contribution >= 0.6 is 22.9 Å². The van der Waals surface area contributed by atoms with Crippen LogP contribution in [0.4, 0.5) is 0 Å². The first-order valence-electron chi connectivity index (χ1n) is 6.14. The normalized spacial score (nSPS) is 11.2. The highest BCUT2D eigenvalue weighted by Gasteiger charge is 2.09. The Morgan fingerprint density at radius 3 is 2.61 bits per heavy atom. The molecule has 0 radical (unpaired) electrons. The molecule has 0 saturated carbocycles. The van der Waals surface area contributed by atoms with Crippen molar-refractivity contribution < 1.29 is 0 Å².